The molecule has 5 heteroatoms. The summed E-state index contributed by atoms with van der Waals surface area (Å²) in [6, 6.07) is 17.2. The number of benzene rings is 3. The molecule has 2 unspecified atom stereocenters. The summed E-state index contributed by atoms with van der Waals surface area (Å²) < 4.78 is 0. The highest BCUT2D eigenvalue weighted by Crippen LogP contribution is 2.39. The SMILES string of the molecule is O=C(O)C1(O)C(c2c(O)ccc3ccccc23)=c2ccccc2=CC1O. The topological polar surface area (TPSA) is 98.0 Å². The summed E-state index contributed by atoms with van der Waals surface area (Å²) in [6.07, 6.45) is -0.349. The van der Waals surface area contributed by atoms with Crippen molar-refractivity contribution < 1.29 is 25.2 Å². The maximum absolute atomic E-state index is 12.0. The fraction of sp³-hybridized carbons (Fsp3) is 0.0952. The van der Waals surface area contributed by atoms with Gasteiger partial charge in [0, 0.05) is 11.1 Å². The van der Waals surface area contributed by atoms with Gasteiger partial charge in [0.25, 0.3) is 0 Å². The molecule has 4 rings (SSSR count). The van der Waals surface area contributed by atoms with Crippen LogP contribution in [0.4, 0.5) is 0 Å². The summed E-state index contributed by atoms with van der Waals surface area (Å²) in [6.45, 7) is 0. The Morgan fingerprint density at radius 3 is 2.42 bits per heavy atom. The van der Waals surface area contributed by atoms with Gasteiger partial charge in [0.1, 0.15) is 11.9 Å². The standard InChI is InChI=1S/C21H16O5/c22-16-10-9-12-5-1-3-7-14(12)18(16)19-15-8-4-2-6-13(15)11-17(23)21(19,26)20(24)25/h1-11,17,22-23,26H,(H,24,25). The van der Waals surface area contributed by atoms with Crippen molar-refractivity contribution in [3.05, 3.63) is 76.7 Å². The number of phenolic OH excluding ortho intramolecular Hbond substituents is 1. The molecule has 4 N–H and O–H groups in total. The molecule has 0 fully saturated rings. The molecule has 3 aromatic rings. The molecule has 0 saturated carbocycles. The number of carbonyl (C=O) groups is 1. The molecule has 1 aliphatic rings. The van der Waals surface area contributed by atoms with Crippen molar-refractivity contribution in [3.8, 4) is 5.75 Å². The van der Waals surface area contributed by atoms with E-state index in [1.165, 1.54) is 12.1 Å². The van der Waals surface area contributed by atoms with Gasteiger partial charge in [-0.3, -0.25) is 0 Å². The van der Waals surface area contributed by atoms with Crippen molar-refractivity contribution in [2.45, 2.75) is 11.7 Å². The number of carboxylic acids is 1. The first kappa shape index (κ1) is 16.3. The van der Waals surface area contributed by atoms with E-state index in [4.69, 9.17) is 0 Å². The molecule has 0 aromatic heterocycles. The van der Waals surface area contributed by atoms with Crippen LogP contribution in [-0.4, -0.2) is 38.1 Å². The Hall–Kier alpha value is -3.15. The Balaban J connectivity index is 2.27. The highest BCUT2D eigenvalue weighted by molar-refractivity contribution is 6.05. The number of phenols is 1. The molecule has 5 nitrogen and oxygen atoms in total. The van der Waals surface area contributed by atoms with E-state index >= 15 is 0 Å². The van der Waals surface area contributed by atoms with Gasteiger partial charge >= 0.3 is 5.97 Å². The normalized spacial score (nSPS) is 21.9. The molecule has 0 saturated heterocycles. The van der Waals surface area contributed by atoms with Crippen LogP contribution < -0.4 is 10.4 Å². The maximum atomic E-state index is 12.0. The van der Waals surface area contributed by atoms with Gasteiger partial charge in [-0.05, 0) is 33.4 Å². The lowest BCUT2D eigenvalue weighted by molar-refractivity contribution is -0.158. The summed E-state index contributed by atoms with van der Waals surface area (Å²) in [5.74, 6) is -1.75. The third-order valence-corrected chi connectivity index (χ3v) is 4.86. The minimum atomic E-state index is -2.59. The molecule has 26 heavy (non-hydrogen) atoms. The first-order chi connectivity index (χ1) is 12.4. The first-order valence-electron chi connectivity index (χ1n) is 8.11. The lowest BCUT2D eigenvalue weighted by atomic mass is 9.77. The van der Waals surface area contributed by atoms with Crippen LogP contribution in [0.1, 0.15) is 5.56 Å². The molecule has 2 atom stereocenters. The Kier molecular flexibility index (Phi) is 3.57. The highest BCUT2D eigenvalue weighted by Gasteiger charge is 2.49. The molecule has 130 valence electrons. The van der Waals surface area contributed by atoms with Crippen LogP contribution >= 0.6 is 0 Å². The fourth-order valence-electron chi connectivity index (χ4n) is 3.60. The predicted octanol–water partition coefficient (Wildman–Crippen LogP) is 0.715. The number of rotatable bonds is 2. The molecule has 0 heterocycles. The zero-order valence-electron chi connectivity index (χ0n) is 13.6. The van der Waals surface area contributed by atoms with Crippen LogP contribution in [0.2, 0.25) is 0 Å². The Bertz CT molecular complexity index is 1160. The second-order valence-electron chi connectivity index (χ2n) is 6.33. The van der Waals surface area contributed by atoms with Crippen molar-refractivity contribution in [2.24, 2.45) is 0 Å². The Morgan fingerprint density at radius 2 is 1.65 bits per heavy atom. The van der Waals surface area contributed by atoms with Crippen molar-refractivity contribution in [3.63, 3.8) is 0 Å². The van der Waals surface area contributed by atoms with Crippen LogP contribution in [0.5, 0.6) is 5.75 Å². The summed E-state index contributed by atoms with van der Waals surface area (Å²) in [7, 11) is 0. The van der Waals surface area contributed by atoms with Gasteiger partial charge in [-0.2, -0.15) is 0 Å². The van der Waals surface area contributed by atoms with Gasteiger partial charge in [-0.25, -0.2) is 4.79 Å². The fourth-order valence-corrected chi connectivity index (χ4v) is 3.60. The average Bonchev–Trinajstić information content (AvgIpc) is 2.63. The van der Waals surface area contributed by atoms with E-state index in [-0.39, 0.29) is 16.9 Å². The summed E-state index contributed by atoms with van der Waals surface area (Å²) >= 11 is 0. The minimum Gasteiger partial charge on any atom is -0.507 e. The third-order valence-electron chi connectivity index (χ3n) is 4.86. The third kappa shape index (κ3) is 2.15. The molecule has 3 aromatic carbocycles. The van der Waals surface area contributed by atoms with E-state index in [9.17, 15) is 25.2 Å². The predicted molar refractivity (Wildman–Crippen MR) is 96.9 cm³/mol. The first-order valence-corrected chi connectivity index (χ1v) is 8.11. The van der Waals surface area contributed by atoms with Crippen LogP contribution in [-0.2, 0) is 4.79 Å². The average molecular weight is 348 g/mol. The summed E-state index contributed by atoms with van der Waals surface area (Å²) in [5, 5.41) is 44.2. The molecule has 0 amide bonds. The van der Waals surface area contributed by atoms with Crippen molar-refractivity contribution >= 4 is 28.4 Å². The van der Waals surface area contributed by atoms with E-state index in [0.717, 1.165) is 5.39 Å². The number of carboxylic acid groups (broad SMARTS) is 1. The second kappa shape index (κ2) is 5.69. The quantitative estimate of drug-likeness (QED) is 0.547. The molecular formula is C21H16O5. The number of aliphatic carboxylic acids is 1. The number of aromatic hydroxyl groups is 1. The van der Waals surface area contributed by atoms with Gasteiger partial charge in [0.05, 0.1) is 0 Å². The largest absolute Gasteiger partial charge is 0.507 e. The molecular weight excluding hydrogens is 332 g/mol. The monoisotopic (exact) mass is 348 g/mol. The molecule has 0 bridgehead atoms. The number of aliphatic hydroxyl groups excluding tert-OH is 1. The minimum absolute atomic E-state index is 0.0232. The zero-order valence-corrected chi connectivity index (χ0v) is 13.6. The number of hydrogen-bond acceptors (Lipinski definition) is 4. The van der Waals surface area contributed by atoms with Crippen molar-refractivity contribution in [1.82, 2.24) is 0 Å². The lowest BCUT2D eigenvalue weighted by Gasteiger charge is -2.33. The highest BCUT2D eigenvalue weighted by atomic mass is 16.4. The van der Waals surface area contributed by atoms with Crippen LogP contribution in [0, 0.1) is 0 Å². The van der Waals surface area contributed by atoms with E-state index in [2.05, 4.69) is 0 Å². The smallest absolute Gasteiger partial charge is 0.343 e. The molecule has 0 spiro atoms. The molecule has 1 aliphatic carbocycles. The van der Waals surface area contributed by atoms with Crippen molar-refractivity contribution in [1.29, 1.82) is 0 Å². The van der Waals surface area contributed by atoms with Gasteiger partial charge in [0.2, 0.25) is 5.60 Å². The van der Waals surface area contributed by atoms with E-state index in [1.807, 2.05) is 12.1 Å². The van der Waals surface area contributed by atoms with E-state index < -0.39 is 17.7 Å². The number of aliphatic hydroxyl groups is 2. The second-order valence-corrected chi connectivity index (χ2v) is 6.33. The van der Waals surface area contributed by atoms with Crippen LogP contribution in [0.15, 0.2) is 60.7 Å². The van der Waals surface area contributed by atoms with E-state index in [0.29, 0.717) is 15.8 Å². The number of fused-ring (bicyclic) bond motifs is 2. The lowest BCUT2D eigenvalue weighted by Crippen LogP contribution is -2.56. The van der Waals surface area contributed by atoms with Gasteiger partial charge in [0.15, 0.2) is 0 Å². The Labute approximate surface area is 148 Å². The van der Waals surface area contributed by atoms with Crippen LogP contribution in [0.3, 0.4) is 0 Å². The Morgan fingerprint density at radius 1 is 0.962 bits per heavy atom. The molecule has 0 radical (unpaired) electrons. The van der Waals surface area contributed by atoms with Gasteiger partial charge in [-0.1, -0.05) is 54.6 Å². The van der Waals surface area contributed by atoms with E-state index in [1.54, 1.807) is 42.5 Å². The van der Waals surface area contributed by atoms with Crippen LogP contribution in [0.25, 0.3) is 22.4 Å². The van der Waals surface area contributed by atoms with Crippen molar-refractivity contribution in [2.75, 3.05) is 0 Å². The molecule has 0 aliphatic heterocycles. The summed E-state index contributed by atoms with van der Waals surface area (Å²) in [5.41, 5.74) is -2.41. The maximum Gasteiger partial charge on any atom is 0.343 e. The summed E-state index contributed by atoms with van der Waals surface area (Å²) in [4.78, 5) is 12.0. The zero-order chi connectivity index (χ0) is 18.5. The van der Waals surface area contributed by atoms with Gasteiger partial charge < -0.3 is 20.4 Å². The number of hydrogen-bond donors (Lipinski definition) is 4. The van der Waals surface area contributed by atoms with Gasteiger partial charge in [-0.15, -0.1) is 0 Å².